The van der Waals surface area contributed by atoms with Crippen molar-refractivity contribution in [2.45, 2.75) is 31.8 Å². The molecule has 0 amide bonds. The molecule has 0 aromatic rings. The fourth-order valence-electron chi connectivity index (χ4n) is 2.12. The Balaban J connectivity index is 2.10. The van der Waals surface area contributed by atoms with Crippen LogP contribution in [0.1, 0.15) is 25.7 Å². The highest BCUT2D eigenvalue weighted by Gasteiger charge is 2.42. The number of alkyl halides is 1. The highest BCUT2D eigenvalue weighted by Crippen LogP contribution is 2.44. The second-order valence-electron chi connectivity index (χ2n) is 3.66. The zero-order valence-electron chi connectivity index (χ0n) is 6.11. The van der Waals surface area contributed by atoms with Crippen LogP contribution in [0.4, 0.5) is 0 Å². The van der Waals surface area contributed by atoms with Crippen molar-refractivity contribution in [2.75, 3.05) is 12.5 Å². The minimum absolute atomic E-state index is 0.379. The molecule has 2 unspecified atom stereocenters. The Kier molecular flexibility index (Phi) is 1.65. The van der Waals surface area contributed by atoms with E-state index in [1.54, 1.807) is 0 Å². The number of hydrogen-bond acceptors (Lipinski definition) is 1. The van der Waals surface area contributed by atoms with Crippen LogP contribution in [0.25, 0.3) is 0 Å². The third-order valence-corrected chi connectivity index (χ3v) is 3.37. The standard InChI is InChI=1S/C8H13ClO/c9-5-8-3-1-2-7(4-8)10-6-8/h7H,1-6H2. The van der Waals surface area contributed by atoms with Gasteiger partial charge in [0.2, 0.25) is 0 Å². The molecule has 2 rings (SSSR count). The van der Waals surface area contributed by atoms with Crippen LogP contribution in [0.3, 0.4) is 0 Å². The first-order chi connectivity index (χ1) is 4.85. The van der Waals surface area contributed by atoms with Crippen LogP contribution in [-0.2, 0) is 4.74 Å². The van der Waals surface area contributed by atoms with Gasteiger partial charge in [0, 0.05) is 11.3 Å². The van der Waals surface area contributed by atoms with Crippen molar-refractivity contribution < 1.29 is 4.74 Å². The van der Waals surface area contributed by atoms with E-state index in [4.69, 9.17) is 16.3 Å². The van der Waals surface area contributed by atoms with Gasteiger partial charge in [0.15, 0.2) is 0 Å². The monoisotopic (exact) mass is 160 g/mol. The van der Waals surface area contributed by atoms with Crippen molar-refractivity contribution in [1.29, 1.82) is 0 Å². The van der Waals surface area contributed by atoms with Crippen LogP contribution in [0.2, 0.25) is 0 Å². The first kappa shape index (κ1) is 6.93. The Morgan fingerprint density at radius 1 is 1.60 bits per heavy atom. The van der Waals surface area contributed by atoms with Crippen molar-refractivity contribution in [3.8, 4) is 0 Å². The molecule has 1 aliphatic heterocycles. The van der Waals surface area contributed by atoms with Crippen molar-refractivity contribution >= 4 is 11.6 Å². The lowest BCUT2D eigenvalue weighted by Gasteiger charge is -2.27. The summed E-state index contributed by atoms with van der Waals surface area (Å²) in [5.74, 6) is 0.795. The predicted octanol–water partition coefficient (Wildman–Crippen LogP) is 2.18. The van der Waals surface area contributed by atoms with Crippen LogP contribution in [0.5, 0.6) is 0 Å². The molecule has 2 atom stereocenters. The summed E-state index contributed by atoms with van der Waals surface area (Å²) in [6.45, 7) is 0.918. The lowest BCUT2D eigenvalue weighted by Crippen LogP contribution is -2.26. The van der Waals surface area contributed by atoms with E-state index >= 15 is 0 Å². The van der Waals surface area contributed by atoms with Gasteiger partial charge >= 0.3 is 0 Å². The fraction of sp³-hybridized carbons (Fsp3) is 1.00. The summed E-state index contributed by atoms with van der Waals surface area (Å²) in [7, 11) is 0. The third-order valence-electron chi connectivity index (χ3n) is 2.80. The van der Waals surface area contributed by atoms with E-state index in [0.29, 0.717) is 11.5 Å². The van der Waals surface area contributed by atoms with E-state index < -0.39 is 0 Å². The molecule has 58 valence electrons. The number of fused-ring (bicyclic) bond motifs is 2. The molecule has 2 fully saturated rings. The average Bonchev–Trinajstić information content (AvgIpc) is 2.29. The van der Waals surface area contributed by atoms with Gasteiger partial charge in [-0.05, 0) is 19.3 Å². The molecule has 10 heavy (non-hydrogen) atoms. The van der Waals surface area contributed by atoms with Gasteiger partial charge in [0.1, 0.15) is 0 Å². The number of halogens is 1. The first-order valence-electron chi connectivity index (χ1n) is 4.02. The lowest BCUT2D eigenvalue weighted by molar-refractivity contribution is 0.105. The molecular formula is C8H13ClO. The summed E-state index contributed by atoms with van der Waals surface area (Å²) in [6.07, 6.45) is 5.63. The van der Waals surface area contributed by atoms with Gasteiger partial charge in [-0.25, -0.2) is 0 Å². The predicted molar refractivity (Wildman–Crippen MR) is 41.4 cm³/mol. The molecule has 1 saturated heterocycles. The highest BCUT2D eigenvalue weighted by atomic mass is 35.5. The van der Waals surface area contributed by atoms with Crippen LogP contribution >= 0.6 is 11.6 Å². The summed E-state index contributed by atoms with van der Waals surface area (Å²) in [5, 5.41) is 0. The van der Waals surface area contributed by atoms with E-state index in [2.05, 4.69) is 0 Å². The molecule has 1 saturated carbocycles. The summed E-state index contributed by atoms with van der Waals surface area (Å²) >= 11 is 5.88. The average molecular weight is 161 g/mol. The molecule has 2 heteroatoms. The third kappa shape index (κ3) is 0.960. The van der Waals surface area contributed by atoms with Crippen molar-refractivity contribution in [3.63, 3.8) is 0 Å². The Morgan fingerprint density at radius 2 is 2.50 bits per heavy atom. The topological polar surface area (TPSA) is 9.23 Å². The normalized spacial score (nSPS) is 45.9. The molecule has 2 aliphatic rings. The summed E-state index contributed by atoms with van der Waals surface area (Å²) in [4.78, 5) is 0. The minimum Gasteiger partial charge on any atom is -0.378 e. The molecule has 0 spiro atoms. The maximum absolute atomic E-state index is 5.88. The molecule has 1 nitrogen and oxygen atoms in total. The zero-order valence-corrected chi connectivity index (χ0v) is 6.86. The highest BCUT2D eigenvalue weighted by molar-refractivity contribution is 6.18. The van der Waals surface area contributed by atoms with Crippen molar-refractivity contribution in [2.24, 2.45) is 5.41 Å². The van der Waals surface area contributed by atoms with Crippen molar-refractivity contribution in [1.82, 2.24) is 0 Å². The van der Waals surface area contributed by atoms with Gasteiger partial charge in [-0.3, -0.25) is 0 Å². The Hall–Kier alpha value is 0.250. The number of ether oxygens (including phenoxy) is 1. The van der Waals surface area contributed by atoms with Gasteiger partial charge < -0.3 is 4.74 Å². The van der Waals surface area contributed by atoms with E-state index in [0.717, 1.165) is 12.5 Å². The molecular weight excluding hydrogens is 148 g/mol. The second-order valence-corrected chi connectivity index (χ2v) is 3.93. The van der Waals surface area contributed by atoms with Gasteiger partial charge in [-0.2, -0.15) is 0 Å². The van der Waals surface area contributed by atoms with E-state index in [9.17, 15) is 0 Å². The van der Waals surface area contributed by atoms with E-state index in [1.165, 1.54) is 25.7 Å². The van der Waals surface area contributed by atoms with Crippen LogP contribution in [0, 0.1) is 5.41 Å². The van der Waals surface area contributed by atoms with Crippen molar-refractivity contribution in [3.05, 3.63) is 0 Å². The van der Waals surface area contributed by atoms with Gasteiger partial charge in [0.25, 0.3) is 0 Å². The number of hydrogen-bond donors (Lipinski definition) is 0. The van der Waals surface area contributed by atoms with Crippen LogP contribution in [-0.4, -0.2) is 18.6 Å². The second kappa shape index (κ2) is 2.38. The Morgan fingerprint density at radius 3 is 3.20 bits per heavy atom. The Labute approximate surface area is 66.7 Å². The van der Waals surface area contributed by atoms with E-state index in [-0.39, 0.29) is 0 Å². The number of rotatable bonds is 1. The van der Waals surface area contributed by atoms with Gasteiger partial charge in [0.05, 0.1) is 12.7 Å². The maximum atomic E-state index is 5.88. The van der Waals surface area contributed by atoms with Crippen LogP contribution in [0.15, 0.2) is 0 Å². The first-order valence-corrected chi connectivity index (χ1v) is 4.56. The molecule has 0 N–H and O–H groups in total. The summed E-state index contributed by atoms with van der Waals surface area (Å²) in [5.41, 5.74) is 0.379. The fourth-order valence-corrected chi connectivity index (χ4v) is 2.44. The zero-order chi connectivity index (χ0) is 7.03. The quantitative estimate of drug-likeness (QED) is 0.535. The van der Waals surface area contributed by atoms with Crippen LogP contribution < -0.4 is 0 Å². The molecule has 0 radical (unpaired) electrons. The van der Waals surface area contributed by atoms with Gasteiger partial charge in [-0.1, -0.05) is 6.42 Å². The smallest absolute Gasteiger partial charge is 0.0582 e. The largest absolute Gasteiger partial charge is 0.378 e. The maximum Gasteiger partial charge on any atom is 0.0582 e. The molecule has 0 aromatic heterocycles. The van der Waals surface area contributed by atoms with E-state index in [1.807, 2.05) is 0 Å². The Bertz CT molecular complexity index is 133. The molecule has 2 bridgehead atoms. The molecule has 0 aromatic carbocycles. The summed E-state index contributed by atoms with van der Waals surface area (Å²) < 4.78 is 5.59. The van der Waals surface area contributed by atoms with Gasteiger partial charge in [-0.15, -0.1) is 11.6 Å². The lowest BCUT2D eigenvalue weighted by atomic mass is 9.77. The summed E-state index contributed by atoms with van der Waals surface area (Å²) in [6, 6.07) is 0. The minimum atomic E-state index is 0.379. The molecule has 1 heterocycles. The SMILES string of the molecule is ClCC12CCCC(C1)OC2. The molecule has 1 aliphatic carbocycles.